The summed E-state index contributed by atoms with van der Waals surface area (Å²) in [5, 5.41) is 2.74. The lowest BCUT2D eigenvalue weighted by Crippen LogP contribution is -2.48. The van der Waals surface area contributed by atoms with Crippen LogP contribution in [0.2, 0.25) is 0 Å². The van der Waals surface area contributed by atoms with Crippen LogP contribution in [-0.4, -0.2) is 51.7 Å². The first-order valence-electron chi connectivity index (χ1n) is 10.6. The van der Waals surface area contributed by atoms with Crippen LogP contribution >= 0.6 is 0 Å². The average Bonchev–Trinajstić information content (AvgIpc) is 2.72. The summed E-state index contributed by atoms with van der Waals surface area (Å²) in [6.07, 6.45) is -0.275. The molecule has 3 rings (SSSR count). The van der Waals surface area contributed by atoms with Crippen molar-refractivity contribution in [2.75, 3.05) is 23.1 Å². The molecule has 1 saturated heterocycles. The number of nitrogens with zero attached hydrogens (tertiary/aromatic N) is 1. The predicted molar refractivity (Wildman–Crippen MR) is 127 cm³/mol. The summed E-state index contributed by atoms with van der Waals surface area (Å²) in [5.41, 5.74) is 2.27. The molecule has 0 unspecified atom stereocenters. The molecule has 1 aliphatic heterocycles. The lowest BCUT2D eigenvalue weighted by molar-refractivity contribution is -0.0440. The van der Waals surface area contributed by atoms with E-state index < -0.39 is 25.3 Å². The molecule has 2 aromatic rings. The van der Waals surface area contributed by atoms with Gasteiger partial charge in [-0.05, 0) is 69.7 Å². The van der Waals surface area contributed by atoms with Crippen molar-refractivity contribution in [2.24, 2.45) is 0 Å². The van der Waals surface area contributed by atoms with Gasteiger partial charge in [0, 0.05) is 31.0 Å². The quantitative estimate of drug-likeness (QED) is 0.600. The van der Waals surface area contributed by atoms with E-state index in [-0.39, 0.29) is 17.1 Å². The fourth-order valence-electron chi connectivity index (χ4n) is 3.40. The van der Waals surface area contributed by atoms with E-state index in [1.54, 1.807) is 50.2 Å². The molecular formula is C22H31N3O5S2. The smallest absolute Gasteiger partial charge is 0.243 e. The Morgan fingerprint density at radius 1 is 0.906 bits per heavy atom. The van der Waals surface area contributed by atoms with E-state index in [9.17, 15) is 16.8 Å². The molecule has 32 heavy (non-hydrogen) atoms. The van der Waals surface area contributed by atoms with E-state index in [1.165, 1.54) is 4.31 Å². The molecule has 10 heteroatoms. The normalized spacial score (nSPS) is 20.3. The fourth-order valence-corrected chi connectivity index (χ4v) is 5.69. The van der Waals surface area contributed by atoms with Gasteiger partial charge < -0.3 is 10.1 Å². The standard InChI is InChI=1S/C22H31N3O5S2/c1-16(2)31(26,27)24-21-7-5-19(6-8-21)13-23-20-9-11-22(12-10-20)32(28,29)25-14-17(3)30-18(4)15-25/h5-12,16-18,23-24H,13-15H2,1-4H3/t17-,18+. The van der Waals surface area contributed by atoms with E-state index in [1.807, 2.05) is 26.0 Å². The molecule has 176 valence electrons. The number of hydrogen-bond donors (Lipinski definition) is 2. The summed E-state index contributed by atoms with van der Waals surface area (Å²) in [6, 6.07) is 13.8. The zero-order chi connectivity index (χ0) is 23.5. The van der Waals surface area contributed by atoms with Gasteiger partial charge in [-0.1, -0.05) is 12.1 Å². The van der Waals surface area contributed by atoms with E-state index in [0.717, 1.165) is 11.3 Å². The van der Waals surface area contributed by atoms with Gasteiger partial charge in [0.15, 0.2) is 0 Å². The van der Waals surface area contributed by atoms with Crippen LogP contribution in [0.15, 0.2) is 53.4 Å². The zero-order valence-electron chi connectivity index (χ0n) is 18.8. The number of nitrogens with one attached hydrogen (secondary N) is 2. The van der Waals surface area contributed by atoms with Crippen molar-refractivity contribution in [3.63, 3.8) is 0 Å². The molecule has 0 spiro atoms. The van der Waals surface area contributed by atoms with Crippen LogP contribution in [0.3, 0.4) is 0 Å². The number of anilines is 2. The maximum Gasteiger partial charge on any atom is 0.243 e. The largest absolute Gasteiger partial charge is 0.381 e. The Morgan fingerprint density at radius 2 is 1.44 bits per heavy atom. The minimum absolute atomic E-state index is 0.137. The number of hydrogen-bond acceptors (Lipinski definition) is 6. The van der Waals surface area contributed by atoms with Crippen molar-refractivity contribution in [1.29, 1.82) is 0 Å². The third kappa shape index (κ3) is 6.00. The Balaban J connectivity index is 1.60. The molecule has 0 aliphatic carbocycles. The summed E-state index contributed by atoms with van der Waals surface area (Å²) in [5.74, 6) is 0. The van der Waals surface area contributed by atoms with Crippen molar-refractivity contribution in [3.8, 4) is 0 Å². The first-order chi connectivity index (χ1) is 15.0. The predicted octanol–water partition coefficient (Wildman–Crippen LogP) is 3.25. The fraction of sp³-hybridized carbons (Fsp3) is 0.455. The first kappa shape index (κ1) is 24.5. The molecule has 0 aromatic heterocycles. The van der Waals surface area contributed by atoms with E-state index in [2.05, 4.69) is 10.0 Å². The van der Waals surface area contributed by atoms with Gasteiger partial charge in [0.25, 0.3) is 0 Å². The van der Waals surface area contributed by atoms with Crippen LogP contribution < -0.4 is 10.0 Å². The van der Waals surface area contributed by atoms with Gasteiger partial charge >= 0.3 is 0 Å². The molecule has 2 N–H and O–H groups in total. The second-order valence-corrected chi connectivity index (χ2v) is 12.5. The molecule has 1 aliphatic rings. The van der Waals surface area contributed by atoms with Crippen LogP contribution in [-0.2, 0) is 31.3 Å². The monoisotopic (exact) mass is 481 g/mol. The number of rotatable bonds is 8. The van der Waals surface area contributed by atoms with Gasteiger partial charge in [0.05, 0.1) is 22.4 Å². The van der Waals surface area contributed by atoms with E-state index in [0.29, 0.717) is 25.3 Å². The Hall–Kier alpha value is -2.14. The minimum atomic E-state index is -3.57. The van der Waals surface area contributed by atoms with Crippen LogP contribution in [0.25, 0.3) is 0 Å². The first-order valence-corrected chi connectivity index (χ1v) is 13.6. The SMILES string of the molecule is CC(C)S(=O)(=O)Nc1ccc(CNc2ccc(S(=O)(=O)N3C[C@@H](C)O[C@@H](C)C3)cc2)cc1. The van der Waals surface area contributed by atoms with Crippen molar-refractivity contribution in [1.82, 2.24) is 4.31 Å². The van der Waals surface area contributed by atoms with Gasteiger partial charge in [-0.25, -0.2) is 16.8 Å². The van der Waals surface area contributed by atoms with Crippen molar-refractivity contribution in [3.05, 3.63) is 54.1 Å². The highest BCUT2D eigenvalue weighted by Gasteiger charge is 2.32. The Morgan fingerprint density at radius 3 is 1.97 bits per heavy atom. The van der Waals surface area contributed by atoms with Crippen LogP contribution in [0, 0.1) is 0 Å². The van der Waals surface area contributed by atoms with Crippen LogP contribution in [0.5, 0.6) is 0 Å². The van der Waals surface area contributed by atoms with Crippen molar-refractivity contribution >= 4 is 31.4 Å². The second-order valence-electron chi connectivity index (χ2n) is 8.35. The number of morpholine rings is 1. The second kappa shape index (κ2) is 9.78. The van der Waals surface area contributed by atoms with Crippen molar-refractivity contribution in [2.45, 2.75) is 56.6 Å². The highest BCUT2D eigenvalue weighted by atomic mass is 32.2. The highest BCUT2D eigenvalue weighted by Crippen LogP contribution is 2.23. The Bertz CT molecular complexity index is 1110. The number of sulfonamides is 2. The van der Waals surface area contributed by atoms with Crippen LogP contribution in [0.4, 0.5) is 11.4 Å². The molecule has 1 heterocycles. The molecule has 0 saturated carbocycles. The van der Waals surface area contributed by atoms with Crippen LogP contribution in [0.1, 0.15) is 33.3 Å². The number of benzene rings is 2. The summed E-state index contributed by atoms with van der Waals surface area (Å²) in [6.45, 7) is 8.19. The lowest BCUT2D eigenvalue weighted by atomic mass is 10.2. The van der Waals surface area contributed by atoms with Gasteiger partial charge in [-0.3, -0.25) is 4.72 Å². The zero-order valence-corrected chi connectivity index (χ0v) is 20.4. The van der Waals surface area contributed by atoms with Crippen molar-refractivity contribution < 1.29 is 21.6 Å². The molecule has 2 atom stereocenters. The van der Waals surface area contributed by atoms with Gasteiger partial charge in [0.1, 0.15) is 0 Å². The molecule has 8 nitrogen and oxygen atoms in total. The average molecular weight is 482 g/mol. The summed E-state index contributed by atoms with van der Waals surface area (Å²) < 4.78 is 59.5. The van der Waals surface area contributed by atoms with Gasteiger partial charge in [0.2, 0.25) is 20.0 Å². The Kier molecular flexibility index (Phi) is 7.49. The third-order valence-corrected chi connectivity index (χ3v) is 8.82. The Labute approximate surface area is 191 Å². The summed E-state index contributed by atoms with van der Waals surface area (Å²) in [4.78, 5) is 0.256. The van der Waals surface area contributed by atoms with E-state index >= 15 is 0 Å². The molecular weight excluding hydrogens is 450 g/mol. The topological polar surface area (TPSA) is 105 Å². The maximum atomic E-state index is 12.9. The van der Waals surface area contributed by atoms with Gasteiger partial charge in [-0.2, -0.15) is 4.31 Å². The number of ether oxygens (including phenoxy) is 1. The van der Waals surface area contributed by atoms with E-state index in [4.69, 9.17) is 4.74 Å². The molecule has 0 amide bonds. The highest BCUT2D eigenvalue weighted by molar-refractivity contribution is 7.93. The summed E-state index contributed by atoms with van der Waals surface area (Å²) >= 11 is 0. The molecule has 1 fully saturated rings. The minimum Gasteiger partial charge on any atom is -0.381 e. The van der Waals surface area contributed by atoms with Gasteiger partial charge in [-0.15, -0.1) is 0 Å². The third-order valence-electron chi connectivity index (χ3n) is 5.21. The molecule has 0 bridgehead atoms. The molecule has 0 radical (unpaired) electrons. The maximum absolute atomic E-state index is 12.9. The lowest BCUT2D eigenvalue weighted by Gasteiger charge is -2.34. The summed E-state index contributed by atoms with van der Waals surface area (Å²) in [7, 11) is -6.94. The molecule has 2 aromatic carbocycles.